The molecule has 1 aliphatic heterocycles. The number of morpholine rings is 1. The molecule has 1 aromatic carbocycles. The van der Waals surface area contributed by atoms with Gasteiger partial charge in [-0.1, -0.05) is 30.4 Å². The molecule has 28 heavy (non-hydrogen) atoms. The van der Waals surface area contributed by atoms with Crippen LogP contribution in [0.1, 0.15) is 29.6 Å². The summed E-state index contributed by atoms with van der Waals surface area (Å²) in [6.07, 6.45) is 9.66. The van der Waals surface area contributed by atoms with Crippen molar-refractivity contribution in [1.29, 1.82) is 0 Å². The normalized spacial score (nSPS) is 20.4. The van der Waals surface area contributed by atoms with Gasteiger partial charge in [0.05, 0.1) is 37.4 Å². The average Bonchev–Trinajstić information content (AvgIpc) is 2.77. The highest BCUT2D eigenvalue weighted by atomic mass is 16.5. The van der Waals surface area contributed by atoms with E-state index in [0.29, 0.717) is 5.92 Å². The number of carbonyl (C=O) groups excluding carboxylic acids is 1. The van der Waals surface area contributed by atoms with Crippen molar-refractivity contribution >= 4 is 16.8 Å². The Kier molecular flexibility index (Phi) is 6.34. The molecule has 0 bridgehead atoms. The Hall–Kier alpha value is -2.24. The molecule has 0 saturated carbocycles. The first-order chi connectivity index (χ1) is 13.8. The third-order valence-electron chi connectivity index (χ3n) is 5.94. The monoisotopic (exact) mass is 380 g/mol. The van der Waals surface area contributed by atoms with E-state index >= 15 is 0 Å². The van der Waals surface area contributed by atoms with Crippen LogP contribution in [-0.4, -0.2) is 61.7 Å². The van der Waals surface area contributed by atoms with Gasteiger partial charge in [0.2, 0.25) is 0 Å². The summed E-state index contributed by atoms with van der Waals surface area (Å²) in [7, 11) is 0. The van der Waals surface area contributed by atoms with Crippen molar-refractivity contribution in [2.45, 2.75) is 19.3 Å². The van der Waals surface area contributed by atoms with Gasteiger partial charge in [-0.05, 0) is 37.3 Å². The molecule has 2 aromatic rings. The summed E-state index contributed by atoms with van der Waals surface area (Å²) in [5, 5.41) is 1.02. The Morgan fingerprint density at radius 3 is 2.86 bits per heavy atom. The zero-order valence-corrected chi connectivity index (χ0v) is 16.5. The summed E-state index contributed by atoms with van der Waals surface area (Å²) in [5.41, 5.74) is 1.53. The molecule has 1 aliphatic carbocycles. The fraction of sp³-hybridized carbons (Fsp3) is 0.478. The Morgan fingerprint density at radius 1 is 1.18 bits per heavy atom. The third kappa shape index (κ3) is 4.59. The minimum absolute atomic E-state index is 0.117. The average molecular weight is 381 g/mol. The maximum atomic E-state index is 13.5. The van der Waals surface area contributed by atoms with Gasteiger partial charge in [0, 0.05) is 18.1 Å². The number of benzene rings is 1. The Bertz CT molecular complexity index is 824. The molecule has 4 rings (SSSR count). The van der Waals surface area contributed by atoms with Gasteiger partial charge in [-0.3, -0.25) is 9.78 Å². The van der Waals surface area contributed by atoms with Crippen LogP contribution in [0.25, 0.3) is 10.9 Å². The van der Waals surface area contributed by atoms with Crippen molar-refractivity contribution in [3.63, 3.8) is 0 Å². The standard InChI is InChI=1S/C23H29N3O2/c27-23(21-10-4-8-20-9-5-11-24-22(20)21)26(18-19-6-2-1-3-7-19)13-12-25-14-16-28-17-15-25/h1-2,4-5,8-11,19H,3,6-7,12-18H2/p+1/t19-/m1/s1. The quantitative estimate of drug-likeness (QED) is 0.780. The van der Waals surface area contributed by atoms with Crippen molar-refractivity contribution in [3.05, 3.63) is 54.2 Å². The molecule has 2 heterocycles. The molecule has 1 fully saturated rings. The van der Waals surface area contributed by atoms with E-state index in [2.05, 4.69) is 22.0 Å². The number of fused-ring (bicyclic) bond motifs is 1. The van der Waals surface area contributed by atoms with E-state index in [-0.39, 0.29) is 5.91 Å². The lowest BCUT2D eigenvalue weighted by molar-refractivity contribution is -0.907. The van der Waals surface area contributed by atoms with Crippen molar-refractivity contribution < 1.29 is 14.4 Å². The summed E-state index contributed by atoms with van der Waals surface area (Å²) >= 11 is 0. The predicted octanol–water partition coefficient (Wildman–Crippen LogP) is 1.95. The number of hydrogen-bond acceptors (Lipinski definition) is 3. The second kappa shape index (κ2) is 9.30. The maximum absolute atomic E-state index is 13.5. The number of ether oxygens (including phenoxy) is 1. The first-order valence-electron chi connectivity index (χ1n) is 10.5. The van der Waals surface area contributed by atoms with Crippen LogP contribution in [0.4, 0.5) is 0 Å². The summed E-state index contributed by atoms with van der Waals surface area (Å²) in [6, 6.07) is 9.85. The number of allylic oxidation sites excluding steroid dienone is 2. The summed E-state index contributed by atoms with van der Waals surface area (Å²) in [6.45, 7) is 6.31. The van der Waals surface area contributed by atoms with Gasteiger partial charge in [-0.25, -0.2) is 0 Å². The number of amides is 1. The summed E-state index contributed by atoms with van der Waals surface area (Å²) < 4.78 is 5.48. The van der Waals surface area contributed by atoms with Crippen LogP contribution in [0.15, 0.2) is 48.7 Å². The molecule has 0 radical (unpaired) electrons. The number of quaternary nitrogens is 1. The number of nitrogens with one attached hydrogen (secondary N) is 1. The van der Waals surface area contributed by atoms with Gasteiger partial charge < -0.3 is 14.5 Å². The van der Waals surface area contributed by atoms with Crippen LogP contribution in [0.2, 0.25) is 0 Å². The van der Waals surface area contributed by atoms with E-state index in [9.17, 15) is 4.79 Å². The van der Waals surface area contributed by atoms with Crippen LogP contribution < -0.4 is 4.90 Å². The topological polar surface area (TPSA) is 46.9 Å². The zero-order valence-electron chi connectivity index (χ0n) is 16.5. The number of para-hydroxylation sites is 1. The SMILES string of the molecule is O=C(c1cccc2cccnc12)N(CC[NH+]1CCOCC1)C[C@@H]1CC=CCC1. The largest absolute Gasteiger partial charge is 0.370 e. The molecular formula is C23H30N3O2+. The Balaban J connectivity index is 1.53. The fourth-order valence-corrected chi connectivity index (χ4v) is 4.26. The van der Waals surface area contributed by atoms with E-state index in [1.807, 2.05) is 30.3 Å². The summed E-state index contributed by atoms with van der Waals surface area (Å²) in [4.78, 5) is 21.7. The molecular weight excluding hydrogens is 350 g/mol. The number of pyridine rings is 1. The lowest BCUT2D eigenvalue weighted by Crippen LogP contribution is -3.14. The Morgan fingerprint density at radius 2 is 2.04 bits per heavy atom. The lowest BCUT2D eigenvalue weighted by Gasteiger charge is -2.31. The number of hydrogen-bond donors (Lipinski definition) is 1. The molecule has 1 N–H and O–H groups in total. The van der Waals surface area contributed by atoms with E-state index < -0.39 is 0 Å². The molecule has 0 unspecified atom stereocenters. The summed E-state index contributed by atoms with van der Waals surface area (Å²) in [5.74, 6) is 0.670. The second-order valence-corrected chi connectivity index (χ2v) is 7.89. The molecule has 1 saturated heterocycles. The second-order valence-electron chi connectivity index (χ2n) is 7.89. The number of carbonyl (C=O) groups is 1. The zero-order chi connectivity index (χ0) is 19.2. The Labute approximate surface area is 167 Å². The molecule has 1 aromatic heterocycles. The van der Waals surface area contributed by atoms with Gasteiger partial charge in [0.1, 0.15) is 13.1 Å². The molecule has 148 valence electrons. The molecule has 1 amide bonds. The smallest absolute Gasteiger partial charge is 0.256 e. The van der Waals surface area contributed by atoms with Gasteiger partial charge in [-0.2, -0.15) is 0 Å². The van der Waals surface area contributed by atoms with Crippen molar-refractivity contribution in [2.75, 3.05) is 45.9 Å². The maximum Gasteiger partial charge on any atom is 0.256 e. The molecule has 5 heteroatoms. The predicted molar refractivity (Wildman–Crippen MR) is 111 cm³/mol. The van der Waals surface area contributed by atoms with E-state index in [1.54, 1.807) is 6.20 Å². The molecule has 5 nitrogen and oxygen atoms in total. The van der Waals surface area contributed by atoms with E-state index in [0.717, 1.165) is 75.2 Å². The molecule has 0 spiro atoms. The van der Waals surface area contributed by atoms with Crippen LogP contribution in [0.3, 0.4) is 0 Å². The minimum atomic E-state index is 0.117. The number of rotatable bonds is 6. The number of nitrogens with zero attached hydrogens (tertiary/aromatic N) is 2. The molecule has 1 atom stereocenters. The van der Waals surface area contributed by atoms with Crippen molar-refractivity contribution in [2.24, 2.45) is 5.92 Å². The van der Waals surface area contributed by atoms with E-state index in [4.69, 9.17) is 4.74 Å². The van der Waals surface area contributed by atoms with Gasteiger partial charge >= 0.3 is 0 Å². The number of aromatic nitrogens is 1. The van der Waals surface area contributed by atoms with Gasteiger partial charge in [-0.15, -0.1) is 0 Å². The third-order valence-corrected chi connectivity index (χ3v) is 5.94. The first kappa shape index (κ1) is 19.1. The van der Waals surface area contributed by atoms with Gasteiger partial charge in [0.15, 0.2) is 0 Å². The van der Waals surface area contributed by atoms with Gasteiger partial charge in [0.25, 0.3) is 5.91 Å². The van der Waals surface area contributed by atoms with Crippen molar-refractivity contribution in [1.82, 2.24) is 9.88 Å². The van der Waals surface area contributed by atoms with Crippen LogP contribution in [0, 0.1) is 5.92 Å². The van der Waals surface area contributed by atoms with E-state index in [1.165, 1.54) is 11.3 Å². The fourth-order valence-electron chi connectivity index (χ4n) is 4.26. The van der Waals surface area contributed by atoms with Crippen LogP contribution in [0.5, 0.6) is 0 Å². The van der Waals surface area contributed by atoms with Crippen molar-refractivity contribution in [3.8, 4) is 0 Å². The lowest BCUT2D eigenvalue weighted by atomic mass is 9.93. The van der Waals surface area contributed by atoms with Crippen LogP contribution >= 0.6 is 0 Å². The highest BCUT2D eigenvalue weighted by Gasteiger charge is 2.24. The highest BCUT2D eigenvalue weighted by molar-refractivity contribution is 6.05. The minimum Gasteiger partial charge on any atom is -0.370 e. The van der Waals surface area contributed by atoms with Crippen LogP contribution in [-0.2, 0) is 4.74 Å². The molecule has 2 aliphatic rings. The highest BCUT2D eigenvalue weighted by Crippen LogP contribution is 2.22. The first-order valence-corrected chi connectivity index (χ1v) is 10.5.